The van der Waals surface area contributed by atoms with Crippen LogP contribution >= 0.6 is 0 Å². The van der Waals surface area contributed by atoms with Crippen LogP contribution in [0.25, 0.3) is 111 Å². The first-order valence-corrected chi connectivity index (χ1v) is 34.8. The van der Waals surface area contributed by atoms with Gasteiger partial charge in [-0.15, -0.1) is 0 Å². The molecule has 13 heteroatoms. The largest absolute Gasteiger partial charge is 0.508 e. The maximum absolute atomic E-state index is 11.9. The number of nitrogens with one attached hydrogen (secondary N) is 3. The third kappa shape index (κ3) is 17.9. The lowest BCUT2D eigenvalue weighted by Gasteiger charge is -2.15. The van der Waals surface area contributed by atoms with Crippen molar-refractivity contribution in [3.05, 3.63) is 325 Å². The maximum atomic E-state index is 11.9. The molecule has 3 heterocycles. The minimum atomic E-state index is -0.318. The van der Waals surface area contributed by atoms with Crippen molar-refractivity contribution in [1.29, 1.82) is 0 Å². The number of aromatic nitrogens is 2. The molecule has 15 rings (SSSR count). The molecule has 1 aliphatic heterocycles. The molecule has 104 heavy (non-hydrogen) atoms. The molecule has 2 aromatic heterocycles. The van der Waals surface area contributed by atoms with E-state index in [1.165, 1.54) is 27.5 Å². The van der Waals surface area contributed by atoms with Gasteiger partial charge in [0.2, 0.25) is 29.5 Å². The summed E-state index contributed by atoms with van der Waals surface area (Å²) in [6.07, 6.45) is 7.94. The fraction of sp³-hybridized carbons (Fsp3) is 0.110. The van der Waals surface area contributed by atoms with Crippen LogP contribution in [0.5, 0.6) is 5.75 Å². The molecule has 1 aliphatic rings. The Morgan fingerprint density at radius 3 is 1.22 bits per heavy atom. The van der Waals surface area contributed by atoms with Crippen molar-refractivity contribution >= 4 is 57.0 Å². The molecule has 0 aliphatic carbocycles. The van der Waals surface area contributed by atoms with E-state index in [4.69, 9.17) is 22.9 Å². The number of amides is 5. The second-order valence-corrected chi connectivity index (χ2v) is 26.0. The van der Waals surface area contributed by atoms with Crippen molar-refractivity contribution in [3.8, 4) is 94.8 Å². The van der Waals surface area contributed by atoms with E-state index in [1.54, 1.807) is 12.1 Å². The van der Waals surface area contributed by atoms with Gasteiger partial charge in [-0.25, -0.2) is 0 Å². The molecule has 5 amide bonds. The van der Waals surface area contributed by atoms with Crippen molar-refractivity contribution in [2.45, 2.75) is 64.7 Å². The van der Waals surface area contributed by atoms with Crippen LogP contribution in [0.3, 0.4) is 0 Å². The Hall–Kier alpha value is -13.1. The quantitative estimate of drug-likeness (QED) is 0.0368. The monoisotopic (exact) mass is 1370 g/mol. The van der Waals surface area contributed by atoms with Crippen LogP contribution in [0.2, 0.25) is 0 Å². The normalized spacial score (nSPS) is 11.3. The number of hydrogen-bond acceptors (Lipinski definition) is 6. The highest BCUT2D eigenvalue weighted by molar-refractivity contribution is 6.02. The van der Waals surface area contributed by atoms with Crippen LogP contribution in [-0.2, 0) is 56.1 Å². The van der Waals surface area contributed by atoms with Crippen molar-refractivity contribution in [1.82, 2.24) is 9.97 Å². The third-order valence-electron chi connectivity index (χ3n) is 18.6. The van der Waals surface area contributed by atoms with Crippen LogP contribution in [0.15, 0.2) is 291 Å². The SMILES string of the molecule is Cc1cc(O)cc(-c2ccc(-c3ccccc3)cc2CCC(N)=O)c1.NC(=O)CCc1cc(-c2ccccc2)ccc1-c1ccc2cc[nH]c2c1.NC(=O)CCc1cc(-c2ccccc2)ccc1-c1cccc2[nH]ccc12.NC(=O)CCc1cc(-c2ccccc2)ccc1-c1cccc2c1CC(=O)N2. The Morgan fingerprint density at radius 2 is 0.750 bits per heavy atom. The van der Waals surface area contributed by atoms with E-state index in [0.29, 0.717) is 51.4 Å². The Labute approximate surface area is 605 Å². The van der Waals surface area contributed by atoms with Crippen LogP contribution in [-0.4, -0.2) is 44.6 Å². The van der Waals surface area contributed by atoms with Gasteiger partial charge in [0.15, 0.2) is 0 Å². The highest BCUT2D eigenvalue weighted by atomic mass is 16.3. The molecule has 516 valence electrons. The number of nitrogens with two attached hydrogens (primary N) is 4. The van der Waals surface area contributed by atoms with Gasteiger partial charge in [0.25, 0.3) is 0 Å². The number of hydrogen-bond donors (Lipinski definition) is 8. The number of aromatic hydroxyl groups is 1. The molecule has 0 saturated carbocycles. The van der Waals surface area contributed by atoms with Crippen molar-refractivity contribution in [3.63, 3.8) is 0 Å². The van der Waals surface area contributed by atoms with Gasteiger partial charge >= 0.3 is 0 Å². The number of fused-ring (bicyclic) bond motifs is 3. The van der Waals surface area contributed by atoms with Crippen LogP contribution in [0, 0.1) is 6.92 Å². The van der Waals surface area contributed by atoms with Gasteiger partial charge in [-0.05, 0) is 203 Å². The molecule has 0 atom stereocenters. The van der Waals surface area contributed by atoms with Crippen molar-refractivity contribution in [2.75, 3.05) is 5.32 Å². The Bertz CT molecular complexity index is 5380. The summed E-state index contributed by atoms with van der Waals surface area (Å²) < 4.78 is 0. The van der Waals surface area contributed by atoms with E-state index in [2.05, 4.69) is 179 Å². The summed E-state index contributed by atoms with van der Waals surface area (Å²) in [4.78, 5) is 63.7. The Kier molecular flexibility index (Phi) is 22.7. The van der Waals surface area contributed by atoms with E-state index in [9.17, 15) is 29.1 Å². The van der Waals surface area contributed by atoms with Gasteiger partial charge in [-0.2, -0.15) is 0 Å². The summed E-state index contributed by atoms with van der Waals surface area (Å²) in [5, 5.41) is 15.2. The van der Waals surface area contributed by atoms with E-state index in [1.807, 2.05) is 122 Å². The zero-order valence-corrected chi connectivity index (χ0v) is 57.9. The van der Waals surface area contributed by atoms with Crippen LogP contribution in [0.4, 0.5) is 5.69 Å². The molecule has 12 aromatic carbocycles. The minimum Gasteiger partial charge on any atom is -0.508 e. The smallest absolute Gasteiger partial charge is 0.228 e. The van der Waals surface area contributed by atoms with Gasteiger partial charge in [0, 0.05) is 60.2 Å². The Balaban J connectivity index is 0.000000130. The number of benzene rings is 12. The number of phenolic OH excluding ortho intramolecular Hbond substituents is 1. The third-order valence-corrected chi connectivity index (χ3v) is 18.6. The highest BCUT2D eigenvalue weighted by Crippen LogP contribution is 2.40. The number of phenols is 1. The van der Waals surface area contributed by atoms with Gasteiger partial charge in [-0.3, -0.25) is 24.0 Å². The molecule has 0 unspecified atom stereocenters. The zero-order valence-electron chi connectivity index (χ0n) is 57.9. The predicted molar refractivity (Wildman–Crippen MR) is 422 cm³/mol. The van der Waals surface area contributed by atoms with Gasteiger partial charge in [0.1, 0.15) is 5.75 Å². The number of carbonyl (C=O) groups is 5. The summed E-state index contributed by atoms with van der Waals surface area (Å²) in [6, 6.07) is 94.4. The van der Waals surface area contributed by atoms with Crippen molar-refractivity contribution < 1.29 is 29.1 Å². The number of aromatic amines is 2. The average Bonchev–Trinajstić information content (AvgIpc) is 1.49. The first-order valence-electron chi connectivity index (χ1n) is 34.8. The van der Waals surface area contributed by atoms with Crippen molar-refractivity contribution in [2.24, 2.45) is 22.9 Å². The average molecular weight is 1370 g/mol. The fourth-order valence-electron chi connectivity index (χ4n) is 13.5. The van der Waals surface area contributed by atoms with E-state index in [0.717, 1.165) is 122 Å². The number of H-pyrrole nitrogens is 2. The van der Waals surface area contributed by atoms with Crippen LogP contribution < -0.4 is 28.3 Å². The summed E-state index contributed by atoms with van der Waals surface area (Å²) in [7, 11) is 0. The molecule has 0 fully saturated rings. The number of anilines is 1. The number of aryl methyl sites for hydroxylation is 5. The van der Waals surface area contributed by atoms with E-state index >= 15 is 0 Å². The summed E-state index contributed by atoms with van der Waals surface area (Å²) in [5.74, 6) is -0.939. The summed E-state index contributed by atoms with van der Waals surface area (Å²) in [6.45, 7) is 1.95. The molecular weight excluding hydrogens is 1290 g/mol. The lowest BCUT2D eigenvalue weighted by molar-refractivity contribution is -0.118. The topological polar surface area (TPSA) is 253 Å². The lowest BCUT2D eigenvalue weighted by Crippen LogP contribution is -2.11. The Morgan fingerprint density at radius 1 is 0.346 bits per heavy atom. The predicted octanol–water partition coefficient (Wildman–Crippen LogP) is 18.2. The molecular formula is C91H81N7O6. The summed E-state index contributed by atoms with van der Waals surface area (Å²) >= 11 is 0. The molecule has 13 nitrogen and oxygen atoms in total. The number of primary amides is 4. The van der Waals surface area contributed by atoms with E-state index in [-0.39, 0.29) is 41.7 Å². The number of carbonyl (C=O) groups excluding carboxylic acids is 5. The standard InChI is InChI=1S/C23H20N2O2.2C23H20N2O.C22H21NO2/c24-22(26)12-10-17-13-16(15-5-2-1-3-6-15)9-11-18(17)19-7-4-8-21-20(19)14-23(27)25-21;24-23(26)12-10-18-15-17(16-5-2-1-3-6-16)9-11-19(18)20-7-4-8-22-21(20)13-14-25-22;24-23(26)11-9-19-14-18(16-4-2-1-3-5-16)8-10-21(19)20-7-6-17-12-13-25-22(17)15-20;1-15-11-19(14-20(24)12-15)21-9-7-17(16-5-3-2-4-6-16)13-18(21)8-10-22(23)25/h1-9,11,13H,10,12,14H2,(H2,24,26)(H,25,27);1-9,11,13-15,25H,10,12H2,(H2,24,26);1-8,10,12-15,25H,9,11H2,(H2,24,26);2-7,9,11-14,24H,8,10H2,1H3,(H2,23,25). The first kappa shape index (κ1) is 70.7. The molecule has 14 aromatic rings. The van der Waals surface area contributed by atoms with Gasteiger partial charge in [0.05, 0.1) is 6.42 Å². The van der Waals surface area contributed by atoms with E-state index < -0.39 is 0 Å². The van der Waals surface area contributed by atoms with Gasteiger partial charge in [-0.1, -0.05) is 237 Å². The molecule has 0 radical (unpaired) electrons. The molecule has 0 spiro atoms. The van der Waals surface area contributed by atoms with Crippen LogP contribution in [0.1, 0.15) is 59.1 Å². The second kappa shape index (κ2) is 33.4. The highest BCUT2D eigenvalue weighted by Gasteiger charge is 2.23. The molecule has 0 bridgehead atoms. The number of rotatable bonds is 20. The second-order valence-electron chi connectivity index (χ2n) is 26.0. The van der Waals surface area contributed by atoms with Gasteiger partial charge < -0.3 is 43.3 Å². The summed E-state index contributed by atoms with van der Waals surface area (Å²) in [5.41, 5.74) is 48.7. The fourth-order valence-corrected chi connectivity index (χ4v) is 13.5. The molecule has 0 saturated heterocycles. The molecule has 12 N–H and O–H groups in total. The zero-order chi connectivity index (χ0) is 72.5. The minimum absolute atomic E-state index is 0.0111. The lowest BCUT2D eigenvalue weighted by atomic mass is 9.89. The maximum Gasteiger partial charge on any atom is 0.228 e. The first-order chi connectivity index (χ1) is 50.6.